The highest BCUT2D eigenvalue weighted by Crippen LogP contribution is 2.34. The van der Waals surface area contributed by atoms with Crippen molar-refractivity contribution in [2.45, 2.75) is 71.6 Å². The molecular formula is C23H35NO6. The zero-order chi connectivity index (χ0) is 21.9. The van der Waals surface area contributed by atoms with Crippen LogP contribution in [0.4, 0.5) is 5.69 Å². The first-order valence-corrected chi connectivity index (χ1v) is 10.9. The number of carbonyl (C=O) groups is 2. The van der Waals surface area contributed by atoms with Gasteiger partial charge in [0.05, 0.1) is 24.9 Å². The second-order valence-corrected chi connectivity index (χ2v) is 7.55. The van der Waals surface area contributed by atoms with E-state index < -0.39 is 30.2 Å². The summed E-state index contributed by atoms with van der Waals surface area (Å²) in [5.74, 6) is -2.21. The normalized spacial score (nSPS) is 19.0. The van der Waals surface area contributed by atoms with Crippen LogP contribution in [0.2, 0.25) is 0 Å². The summed E-state index contributed by atoms with van der Waals surface area (Å²) in [5.41, 5.74) is 1.76. The lowest BCUT2D eigenvalue weighted by Crippen LogP contribution is -2.53. The molecule has 1 saturated heterocycles. The fourth-order valence-corrected chi connectivity index (χ4v) is 3.41. The molecule has 0 radical (unpaired) electrons. The molecule has 7 heteroatoms. The van der Waals surface area contributed by atoms with Crippen molar-refractivity contribution in [3.05, 3.63) is 29.8 Å². The van der Waals surface area contributed by atoms with E-state index >= 15 is 0 Å². The third kappa shape index (κ3) is 6.44. The topological polar surface area (TPSA) is 74.3 Å². The molecule has 0 spiro atoms. The number of aryl methyl sites for hydroxylation is 1. The van der Waals surface area contributed by atoms with Crippen molar-refractivity contribution in [2.24, 2.45) is 5.92 Å². The lowest BCUT2D eigenvalue weighted by atomic mass is 9.93. The summed E-state index contributed by atoms with van der Waals surface area (Å²) in [6.07, 6.45) is 3.93. The number of nitrogens with zero attached hydrogens (tertiary/aromatic N) is 1. The van der Waals surface area contributed by atoms with E-state index in [9.17, 15) is 9.59 Å². The van der Waals surface area contributed by atoms with Gasteiger partial charge in [-0.3, -0.25) is 9.59 Å². The highest BCUT2D eigenvalue weighted by atomic mass is 16.8. The zero-order valence-electron chi connectivity index (χ0n) is 18.6. The number of benzene rings is 1. The van der Waals surface area contributed by atoms with E-state index in [0.717, 1.165) is 36.9 Å². The van der Waals surface area contributed by atoms with Gasteiger partial charge in [-0.25, -0.2) is 9.90 Å². The fraction of sp³-hybridized carbons (Fsp3) is 0.652. The predicted molar refractivity (Wildman–Crippen MR) is 114 cm³/mol. The summed E-state index contributed by atoms with van der Waals surface area (Å²) in [4.78, 5) is 32.0. The van der Waals surface area contributed by atoms with Gasteiger partial charge in [-0.2, -0.15) is 0 Å². The molecule has 1 heterocycles. The molecule has 1 aliphatic heterocycles. The Morgan fingerprint density at radius 1 is 1.07 bits per heavy atom. The highest BCUT2D eigenvalue weighted by Gasteiger charge is 2.45. The van der Waals surface area contributed by atoms with Crippen LogP contribution in [0.5, 0.6) is 0 Å². The van der Waals surface area contributed by atoms with E-state index in [1.54, 1.807) is 12.2 Å². The molecule has 2 atom stereocenters. The number of carbonyl (C=O) groups excluding carboxylic acids is 2. The van der Waals surface area contributed by atoms with Gasteiger partial charge in [0, 0.05) is 13.5 Å². The summed E-state index contributed by atoms with van der Waals surface area (Å²) in [6, 6.07) is 7.15. The summed E-state index contributed by atoms with van der Waals surface area (Å²) < 4.78 is 16.3. The molecule has 0 unspecified atom stereocenters. The maximum absolute atomic E-state index is 13.0. The first-order valence-electron chi connectivity index (χ1n) is 10.9. The SMILES string of the molecule is CCCCOC(=O)C(C(=O)OCCCC)[C@H]1CC[C@H](OC)ON1c1ccccc1C. The van der Waals surface area contributed by atoms with Gasteiger partial charge in [0.15, 0.2) is 12.2 Å². The van der Waals surface area contributed by atoms with Crippen LogP contribution in [-0.2, 0) is 28.6 Å². The number of rotatable bonds is 11. The number of hydroxylamine groups is 1. The van der Waals surface area contributed by atoms with Crippen molar-refractivity contribution < 1.29 is 28.6 Å². The first kappa shape index (κ1) is 24.2. The molecular weight excluding hydrogens is 386 g/mol. The molecule has 0 bridgehead atoms. The molecule has 30 heavy (non-hydrogen) atoms. The Labute approximate surface area is 179 Å². The summed E-state index contributed by atoms with van der Waals surface area (Å²) >= 11 is 0. The Morgan fingerprint density at radius 3 is 2.20 bits per heavy atom. The third-order valence-corrected chi connectivity index (χ3v) is 5.22. The van der Waals surface area contributed by atoms with Crippen molar-refractivity contribution in [2.75, 3.05) is 25.4 Å². The smallest absolute Gasteiger partial charge is 0.322 e. The fourth-order valence-electron chi connectivity index (χ4n) is 3.41. The number of ether oxygens (including phenoxy) is 3. The van der Waals surface area contributed by atoms with Crippen molar-refractivity contribution in [1.82, 2.24) is 0 Å². The van der Waals surface area contributed by atoms with Gasteiger partial charge in [-0.1, -0.05) is 44.9 Å². The summed E-state index contributed by atoms with van der Waals surface area (Å²) in [7, 11) is 1.58. The molecule has 1 aliphatic rings. The van der Waals surface area contributed by atoms with E-state index in [2.05, 4.69) is 0 Å². The average Bonchev–Trinajstić information content (AvgIpc) is 2.75. The number of methoxy groups -OCH3 is 1. The number of hydrogen-bond donors (Lipinski definition) is 0. The largest absolute Gasteiger partial charge is 0.465 e. The number of anilines is 1. The Kier molecular flexibility index (Phi) is 10.1. The Bertz CT molecular complexity index is 657. The molecule has 0 aromatic heterocycles. The molecule has 0 saturated carbocycles. The molecule has 1 aromatic rings. The van der Waals surface area contributed by atoms with Gasteiger partial charge in [-0.15, -0.1) is 0 Å². The second kappa shape index (κ2) is 12.5. The van der Waals surface area contributed by atoms with E-state index in [1.165, 1.54) is 0 Å². The molecule has 0 amide bonds. The van der Waals surface area contributed by atoms with Crippen LogP contribution in [0.15, 0.2) is 24.3 Å². The Balaban J connectivity index is 2.32. The molecule has 2 rings (SSSR count). The van der Waals surface area contributed by atoms with Crippen LogP contribution in [0.3, 0.4) is 0 Å². The van der Waals surface area contributed by atoms with Crippen molar-refractivity contribution in [3.63, 3.8) is 0 Å². The summed E-state index contributed by atoms with van der Waals surface area (Å²) in [5, 5.41) is 1.64. The lowest BCUT2D eigenvalue weighted by molar-refractivity contribution is -0.183. The van der Waals surface area contributed by atoms with Gasteiger partial charge >= 0.3 is 11.9 Å². The molecule has 0 N–H and O–H groups in total. The third-order valence-electron chi connectivity index (χ3n) is 5.22. The van der Waals surface area contributed by atoms with Crippen molar-refractivity contribution >= 4 is 17.6 Å². The van der Waals surface area contributed by atoms with Crippen LogP contribution in [0.1, 0.15) is 57.9 Å². The van der Waals surface area contributed by atoms with Crippen LogP contribution in [0, 0.1) is 12.8 Å². The Morgan fingerprint density at radius 2 is 1.67 bits per heavy atom. The van der Waals surface area contributed by atoms with E-state index in [0.29, 0.717) is 12.8 Å². The minimum Gasteiger partial charge on any atom is -0.465 e. The minimum atomic E-state index is -1.09. The first-order chi connectivity index (χ1) is 14.5. The Hall–Kier alpha value is -2.12. The lowest BCUT2D eigenvalue weighted by Gasteiger charge is -2.42. The monoisotopic (exact) mass is 421 g/mol. The van der Waals surface area contributed by atoms with E-state index in [4.69, 9.17) is 19.0 Å². The van der Waals surface area contributed by atoms with Crippen LogP contribution >= 0.6 is 0 Å². The molecule has 168 valence electrons. The summed E-state index contributed by atoms with van der Waals surface area (Å²) in [6.45, 7) is 6.56. The highest BCUT2D eigenvalue weighted by molar-refractivity contribution is 5.96. The number of unbranched alkanes of at least 4 members (excludes halogenated alkanes) is 2. The van der Waals surface area contributed by atoms with Gasteiger partial charge < -0.3 is 14.2 Å². The molecule has 7 nitrogen and oxygen atoms in total. The standard InChI is InChI=1S/C23H35NO6/c1-5-7-15-28-22(25)21(23(26)29-16-8-6-2)19-13-14-20(27-4)30-24(19)18-12-10-9-11-17(18)3/h9-12,19-21H,5-8,13-16H2,1-4H3/t19-,20-/m1/s1. The van der Waals surface area contributed by atoms with E-state index in [-0.39, 0.29) is 13.2 Å². The van der Waals surface area contributed by atoms with Gasteiger partial charge in [-0.05, 0) is 37.8 Å². The number of esters is 2. The van der Waals surface area contributed by atoms with E-state index in [1.807, 2.05) is 45.0 Å². The predicted octanol–water partition coefficient (Wildman–Crippen LogP) is 4.17. The molecule has 1 fully saturated rings. The van der Waals surface area contributed by atoms with Crippen molar-refractivity contribution in [1.29, 1.82) is 0 Å². The van der Waals surface area contributed by atoms with Crippen LogP contribution in [-0.4, -0.2) is 44.6 Å². The van der Waals surface area contributed by atoms with Crippen LogP contribution in [0.25, 0.3) is 0 Å². The maximum Gasteiger partial charge on any atom is 0.322 e. The maximum atomic E-state index is 13.0. The average molecular weight is 422 g/mol. The van der Waals surface area contributed by atoms with Crippen molar-refractivity contribution in [3.8, 4) is 0 Å². The molecule has 1 aromatic carbocycles. The van der Waals surface area contributed by atoms with Crippen LogP contribution < -0.4 is 5.06 Å². The second-order valence-electron chi connectivity index (χ2n) is 7.55. The molecule has 0 aliphatic carbocycles. The van der Waals surface area contributed by atoms with Gasteiger partial charge in [0.1, 0.15) is 0 Å². The quantitative estimate of drug-likeness (QED) is 0.302. The number of para-hydroxylation sites is 1. The minimum absolute atomic E-state index is 0.284. The number of hydrogen-bond acceptors (Lipinski definition) is 7. The van der Waals surface area contributed by atoms with Gasteiger partial charge in [0.2, 0.25) is 0 Å². The van der Waals surface area contributed by atoms with Gasteiger partial charge in [0.25, 0.3) is 0 Å². The zero-order valence-corrected chi connectivity index (χ0v) is 18.6.